The molecule has 0 amide bonds. The van der Waals surface area contributed by atoms with E-state index in [1.54, 1.807) is 0 Å². The third-order valence-corrected chi connectivity index (χ3v) is 4.52. The van der Waals surface area contributed by atoms with Gasteiger partial charge in [-0.05, 0) is 51.6 Å². The summed E-state index contributed by atoms with van der Waals surface area (Å²) in [7, 11) is 3.94. The smallest absolute Gasteiger partial charge is 0.0502 e. The van der Waals surface area contributed by atoms with E-state index < -0.39 is 0 Å². The monoisotopic (exact) mass is 240 g/mol. The van der Waals surface area contributed by atoms with Gasteiger partial charge in [0.15, 0.2) is 0 Å². The van der Waals surface area contributed by atoms with Gasteiger partial charge < -0.3 is 10.1 Å². The Morgan fingerprint density at radius 1 is 1.24 bits per heavy atom. The molecule has 0 spiro atoms. The average Bonchev–Trinajstić information content (AvgIpc) is 2.40. The summed E-state index contributed by atoms with van der Waals surface area (Å²) in [5.74, 6) is 0.767. The van der Waals surface area contributed by atoms with Crippen LogP contribution in [-0.4, -0.2) is 50.8 Å². The fraction of sp³-hybridized carbons (Fsp3) is 1.00. The molecule has 0 aromatic carbocycles. The van der Waals surface area contributed by atoms with Gasteiger partial charge in [-0.15, -0.1) is 0 Å². The largest absolute Gasteiger partial charge is 0.384 e. The molecular weight excluding hydrogens is 212 g/mol. The maximum atomic E-state index is 5.32. The number of likely N-dealkylation sites (tertiary alicyclic amines) is 1. The molecule has 0 radical (unpaired) electrons. The molecule has 1 saturated heterocycles. The molecule has 2 fully saturated rings. The fourth-order valence-electron chi connectivity index (χ4n) is 3.56. The molecule has 100 valence electrons. The molecule has 1 aliphatic carbocycles. The number of nitrogens with one attached hydrogen (secondary N) is 1. The summed E-state index contributed by atoms with van der Waals surface area (Å²) in [6, 6.07) is 1.57. The van der Waals surface area contributed by atoms with Crippen LogP contribution in [0, 0.1) is 5.92 Å². The van der Waals surface area contributed by atoms with Crippen LogP contribution in [0.3, 0.4) is 0 Å². The minimum absolute atomic E-state index is 0.747. The second-order valence-electron chi connectivity index (χ2n) is 5.76. The molecule has 1 aliphatic heterocycles. The van der Waals surface area contributed by atoms with E-state index in [0.29, 0.717) is 0 Å². The van der Waals surface area contributed by atoms with Crippen LogP contribution < -0.4 is 5.32 Å². The predicted molar refractivity (Wildman–Crippen MR) is 71.3 cm³/mol. The molecule has 3 nitrogen and oxygen atoms in total. The van der Waals surface area contributed by atoms with Crippen LogP contribution in [-0.2, 0) is 4.74 Å². The Balaban J connectivity index is 1.83. The highest BCUT2D eigenvalue weighted by Crippen LogP contribution is 2.27. The van der Waals surface area contributed by atoms with Crippen molar-refractivity contribution in [1.29, 1.82) is 0 Å². The zero-order chi connectivity index (χ0) is 12.1. The van der Waals surface area contributed by atoms with Crippen molar-refractivity contribution in [2.24, 2.45) is 5.92 Å². The number of nitrogens with zero attached hydrogens (tertiary/aromatic N) is 1. The first kappa shape index (κ1) is 13.3. The van der Waals surface area contributed by atoms with Crippen molar-refractivity contribution >= 4 is 0 Å². The third-order valence-electron chi connectivity index (χ3n) is 4.52. The Kier molecular flexibility index (Phi) is 5.26. The Morgan fingerprint density at radius 2 is 2.12 bits per heavy atom. The van der Waals surface area contributed by atoms with Crippen molar-refractivity contribution in [2.45, 2.75) is 50.6 Å². The van der Waals surface area contributed by atoms with Gasteiger partial charge >= 0.3 is 0 Å². The standard InChI is InChI=1S/C14H28N2O/c1-15-13-6-3-7-14(9-13)16-8-4-5-12(10-16)11-17-2/h12-15H,3-11H2,1-2H3. The molecule has 0 aromatic rings. The van der Waals surface area contributed by atoms with E-state index in [0.717, 1.165) is 24.6 Å². The van der Waals surface area contributed by atoms with E-state index in [4.69, 9.17) is 4.74 Å². The number of hydrogen-bond donors (Lipinski definition) is 1. The van der Waals surface area contributed by atoms with E-state index in [9.17, 15) is 0 Å². The summed E-state index contributed by atoms with van der Waals surface area (Å²) < 4.78 is 5.32. The molecule has 2 rings (SSSR count). The molecule has 1 heterocycles. The van der Waals surface area contributed by atoms with Gasteiger partial charge in [0.05, 0.1) is 6.61 Å². The maximum absolute atomic E-state index is 5.32. The Labute approximate surface area is 106 Å². The summed E-state index contributed by atoms with van der Waals surface area (Å²) in [5.41, 5.74) is 0. The average molecular weight is 240 g/mol. The van der Waals surface area contributed by atoms with E-state index in [1.165, 1.54) is 51.6 Å². The zero-order valence-electron chi connectivity index (χ0n) is 11.5. The van der Waals surface area contributed by atoms with Gasteiger partial charge in [0.2, 0.25) is 0 Å². The Hall–Kier alpha value is -0.120. The molecule has 1 N–H and O–H groups in total. The second-order valence-corrected chi connectivity index (χ2v) is 5.76. The third kappa shape index (κ3) is 3.67. The van der Waals surface area contributed by atoms with Crippen molar-refractivity contribution in [3.63, 3.8) is 0 Å². The maximum Gasteiger partial charge on any atom is 0.0502 e. The van der Waals surface area contributed by atoms with E-state index in [-0.39, 0.29) is 0 Å². The topological polar surface area (TPSA) is 24.5 Å². The predicted octanol–water partition coefficient (Wildman–Crippen LogP) is 1.88. The van der Waals surface area contributed by atoms with E-state index in [2.05, 4.69) is 17.3 Å². The van der Waals surface area contributed by atoms with Crippen molar-refractivity contribution in [3.05, 3.63) is 0 Å². The molecule has 0 bridgehead atoms. The van der Waals surface area contributed by atoms with Crippen LogP contribution in [0.15, 0.2) is 0 Å². The van der Waals surface area contributed by atoms with Gasteiger partial charge in [-0.25, -0.2) is 0 Å². The zero-order valence-corrected chi connectivity index (χ0v) is 11.5. The molecule has 0 aromatic heterocycles. The van der Waals surface area contributed by atoms with Gasteiger partial charge in [-0.3, -0.25) is 4.90 Å². The second kappa shape index (κ2) is 6.72. The van der Waals surface area contributed by atoms with Crippen molar-refractivity contribution in [3.8, 4) is 0 Å². The quantitative estimate of drug-likeness (QED) is 0.812. The summed E-state index contributed by atoms with van der Waals surface area (Å²) in [6.45, 7) is 3.51. The minimum atomic E-state index is 0.747. The first-order valence-corrected chi connectivity index (χ1v) is 7.23. The number of piperidine rings is 1. The van der Waals surface area contributed by atoms with Gasteiger partial charge in [-0.1, -0.05) is 6.42 Å². The summed E-state index contributed by atoms with van der Waals surface area (Å²) in [6.07, 6.45) is 8.21. The van der Waals surface area contributed by atoms with E-state index in [1.807, 2.05) is 7.11 Å². The highest BCUT2D eigenvalue weighted by molar-refractivity contribution is 4.86. The number of hydrogen-bond acceptors (Lipinski definition) is 3. The fourth-order valence-corrected chi connectivity index (χ4v) is 3.56. The first-order chi connectivity index (χ1) is 8.33. The molecule has 3 heteroatoms. The van der Waals surface area contributed by atoms with Crippen LogP contribution in [0.25, 0.3) is 0 Å². The van der Waals surface area contributed by atoms with Crippen molar-refractivity contribution < 1.29 is 4.74 Å². The van der Waals surface area contributed by atoms with Gasteiger partial charge in [0.1, 0.15) is 0 Å². The number of methoxy groups -OCH3 is 1. The first-order valence-electron chi connectivity index (χ1n) is 7.23. The summed E-state index contributed by atoms with van der Waals surface area (Å²) in [5, 5.41) is 3.46. The minimum Gasteiger partial charge on any atom is -0.384 e. The molecule has 2 aliphatic rings. The number of ether oxygens (including phenoxy) is 1. The van der Waals surface area contributed by atoms with Gasteiger partial charge in [-0.2, -0.15) is 0 Å². The van der Waals surface area contributed by atoms with Crippen molar-refractivity contribution in [1.82, 2.24) is 10.2 Å². The molecular formula is C14H28N2O. The normalized spacial score (nSPS) is 36.0. The van der Waals surface area contributed by atoms with Gasteiger partial charge in [0.25, 0.3) is 0 Å². The lowest BCUT2D eigenvalue weighted by atomic mass is 9.87. The summed E-state index contributed by atoms with van der Waals surface area (Å²) >= 11 is 0. The van der Waals surface area contributed by atoms with Crippen LogP contribution >= 0.6 is 0 Å². The Bertz CT molecular complexity index is 220. The van der Waals surface area contributed by atoms with Crippen LogP contribution in [0.1, 0.15) is 38.5 Å². The van der Waals surface area contributed by atoms with Crippen molar-refractivity contribution in [2.75, 3.05) is 33.9 Å². The van der Waals surface area contributed by atoms with Gasteiger partial charge in [0, 0.05) is 25.7 Å². The highest BCUT2D eigenvalue weighted by Gasteiger charge is 2.29. The SMILES string of the molecule is CNC1CCCC(N2CCCC(COC)C2)C1. The van der Waals surface area contributed by atoms with Crippen LogP contribution in [0.2, 0.25) is 0 Å². The molecule has 3 unspecified atom stereocenters. The van der Waals surface area contributed by atoms with Crippen LogP contribution in [0.5, 0.6) is 0 Å². The molecule has 1 saturated carbocycles. The van der Waals surface area contributed by atoms with E-state index >= 15 is 0 Å². The van der Waals surface area contributed by atoms with Crippen LogP contribution in [0.4, 0.5) is 0 Å². The summed E-state index contributed by atoms with van der Waals surface area (Å²) in [4.78, 5) is 2.73. The lowest BCUT2D eigenvalue weighted by Crippen LogP contribution is -2.48. The highest BCUT2D eigenvalue weighted by atomic mass is 16.5. The number of rotatable bonds is 4. The molecule has 3 atom stereocenters. The molecule has 17 heavy (non-hydrogen) atoms. The lowest BCUT2D eigenvalue weighted by molar-refractivity contribution is 0.0526. The Morgan fingerprint density at radius 3 is 2.88 bits per heavy atom. The lowest BCUT2D eigenvalue weighted by Gasteiger charge is -2.41.